The average molecular weight is 394 g/mol. The number of aryl methyl sites for hydroxylation is 2. The highest BCUT2D eigenvalue weighted by molar-refractivity contribution is 7.17. The minimum atomic E-state index is -4.51. The summed E-state index contributed by atoms with van der Waals surface area (Å²) in [6.07, 6.45) is -0.278. The predicted octanol–water partition coefficient (Wildman–Crippen LogP) is 4.10. The number of carbonyl (C=O) groups is 2. The second-order valence-corrected chi connectivity index (χ2v) is 7.64. The number of anilines is 2. The number of alkyl halides is 2. The van der Waals surface area contributed by atoms with Crippen molar-refractivity contribution in [2.75, 3.05) is 10.6 Å². The zero-order valence-corrected chi connectivity index (χ0v) is 15.6. The molecule has 2 aromatic rings. The van der Waals surface area contributed by atoms with E-state index in [0.29, 0.717) is 12.1 Å². The van der Waals surface area contributed by atoms with Gasteiger partial charge in [-0.2, -0.15) is 8.78 Å². The van der Waals surface area contributed by atoms with Crippen molar-refractivity contribution in [3.63, 3.8) is 0 Å². The smallest absolute Gasteiger partial charge is 0.329 e. The Morgan fingerprint density at radius 3 is 2.52 bits per heavy atom. The van der Waals surface area contributed by atoms with Gasteiger partial charge in [-0.1, -0.05) is 24.6 Å². The van der Waals surface area contributed by atoms with Crippen LogP contribution < -0.4 is 10.6 Å². The number of amides is 2. The molecule has 0 aliphatic heterocycles. The number of thiophene rings is 1. The molecule has 1 heterocycles. The van der Waals surface area contributed by atoms with Gasteiger partial charge in [0.1, 0.15) is 5.00 Å². The van der Waals surface area contributed by atoms with Gasteiger partial charge in [0, 0.05) is 10.6 Å². The lowest BCUT2D eigenvalue weighted by atomic mass is 10.0. The average Bonchev–Trinajstić information content (AvgIpc) is 2.77. The highest BCUT2D eigenvalue weighted by atomic mass is 32.1. The van der Waals surface area contributed by atoms with Crippen LogP contribution in [0.1, 0.15) is 45.6 Å². The largest absolute Gasteiger partial charge is 0.434 e. The van der Waals surface area contributed by atoms with Gasteiger partial charge < -0.3 is 15.7 Å². The summed E-state index contributed by atoms with van der Waals surface area (Å²) in [5.74, 6) is -2.30. The molecule has 0 saturated carbocycles. The van der Waals surface area contributed by atoms with Crippen LogP contribution in [0.3, 0.4) is 0 Å². The van der Waals surface area contributed by atoms with Crippen molar-refractivity contribution >= 4 is 33.8 Å². The molecule has 2 amide bonds. The lowest BCUT2D eigenvalue weighted by Crippen LogP contribution is -2.34. The lowest BCUT2D eigenvalue weighted by molar-refractivity contribution is -0.199. The summed E-state index contributed by atoms with van der Waals surface area (Å²) < 4.78 is 25.9. The first kappa shape index (κ1) is 19.4. The second-order valence-electron chi connectivity index (χ2n) is 6.53. The van der Waals surface area contributed by atoms with Gasteiger partial charge in [0.05, 0.1) is 5.56 Å². The molecule has 1 aliphatic rings. The number of rotatable bonds is 4. The van der Waals surface area contributed by atoms with Crippen molar-refractivity contribution < 1.29 is 23.5 Å². The Bertz CT molecular complexity index is 874. The Morgan fingerprint density at radius 2 is 1.81 bits per heavy atom. The van der Waals surface area contributed by atoms with Crippen molar-refractivity contribution in [2.45, 2.75) is 45.1 Å². The van der Waals surface area contributed by atoms with Crippen LogP contribution in [0.15, 0.2) is 24.3 Å². The van der Waals surface area contributed by atoms with E-state index >= 15 is 0 Å². The first-order valence-electron chi connectivity index (χ1n) is 8.70. The van der Waals surface area contributed by atoms with Gasteiger partial charge in [-0.15, -0.1) is 11.3 Å². The van der Waals surface area contributed by atoms with E-state index < -0.39 is 17.9 Å². The molecule has 0 unspecified atom stereocenters. The number of aliphatic hydroxyl groups is 1. The monoisotopic (exact) mass is 394 g/mol. The quantitative estimate of drug-likeness (QED) is 0.683. The zero-order valence-electron chi connectivity index (χ0n) is 14.8. The van der Waals surface area contributed by atoms with E-state index in [1.807, 2.05) is 24.4 Å². The number of nitrogens with one attached hydrogen (secondary N) is 2. The molecule has 0 saturated heterocycles. The van der Waals surface area contributed by atoms with Gasteiger partial charge in [0.15, 0.2) is 0 Å². The molecule has 8 heteroatoms. The van der Waals surface area contributed by atoms with Gasteiger partial charge in [0.2, 0.25) is 0 Å². The number of fused-ring (bicyclic) bond motifs is 1. The zero-order chi connectivity index (χ0) is 19.6. The van der Waals surface area contributed by atoms with E-state index in [2.05, 4.69) is 5.32 Å². The molecule has 27 heavy (non-hydrogen) atoms. The summed E-state index contributed by atoms with van der Waals surface area (Å²) in [5, 5.41) is 13.5. The molecular formula is C19H20F2N2O3S. The molecule has 0 radical (unpaired) electrons. The van der Waals surface area contributed by atoms with Crippen LogP contribution in [0.25, 0.3) is 0 Å². The second kappa shape index (κ2) is 7.74. The molecule has 0 spiro atoms. The van der Waals surface area contributed by atoms with Crippen LogP contribution >= 0.6 is 11.3 Å². The van der Waals surface area contributed by atoms with Crippen molar-refractivity contribution in [1.82, 2.24) is 0 Å². The van der Waals surface area contributed by atoms with E-state index in [4.69, 9.17) is 5.11 Å². The van der Waals surface area contributed by atoms with Crippen LogP contribution in [0.4, 0.5) is 19.5 Å². The van der Waals surface area contributed by atoms with Crippen LogP contribution in [-0.4, -0.2) is 23.0 Å². The Balaban J connectivity index is 1.98. The van der Waals surface area contributed by atoms with Gasteiger partial charge in [-0.05, 0) is 49.8 Å². The number of benzene rings is 1. The van der Waals surface area contributed by atoms with Crippen LogP contribution in [0.2, 0.25) is 0 Å². The molecule has 0 atom stereocenters. The summed E-state index contributed by atoms with van der Waals surface area (Å²) in [7, 11) is 0. The highest BCUT2D eigenvalue weighted by Gasteiger charge is 2.37. The third kappa shape index (κ3) is 4.33. The fraction of sp³-hybridized carbons (Fsp3) is 0.368. The fourth-order valence-electron chi connectivity index (χ4n) is 3.15. The Morgan fingerprint density at radius 1 is 1.11 bits per heavy atom. The van der Waals surface area contributed by atoms with E-state index in [1.165, 1.54) is 0 Å². The minimum Gasteiger partial charge on any atom is -0.329 e. The Kier molecular flexibility index (Phi) is 5.57. The van der Waals surface area contributed by atoms with Gasteiger partial charge >= 0.3 is 12.0 Å². The number of hydrogen-bond donors (Lipinski definition) is 3. The molecular weight excluding hydrogens is 374 g/mol. The molecule has 3 rings (SSSR count). The predicted molar refractivity (Wildman–Crippen MR) is 101 cm³/mol. The summed E-state index contributed by atoms with van der Waals surface area (Å²) in [6, 6.07) is 7.22. The first-order valence-corrected chi connectivity index (χ1v) is 9.52. The SMILES string of the molecule is Cc1ccccc1NC(=O)c1c(NC(=O)C(O)(F)F)sc2c1CCCCC2. The van der Waals surface area contributed by atoms with Gasteiger partial charge in [-0.3, -0.25) is 9.59 Å². The summed E-state index contributed by atoms with van der Waals surface area (Å²) in [6.45, 7) is 1.85. The molecule has 3 N–H and O–H groups in total. The van der Waals surface area contributed by atoms with E-state index in [-0.39, 0.29) is 10.6 Å². The van der Waals surface area contributed by atoms with Crippen molar-refractivity contribution in [3.05, 3.63) is 45.8 Å². The number of para-hydroxylation sites is 1. The maximum absolute atomic E-state index is 13.0. The van der Waals surface area contributed by atoms with E-state index in [1.54, 1.807) is 12.1 Å². The number of halogens is 2. The Labute approximate surface area is 159 Å². The first-order chi connectivity index (χ1) is 12.8. The van der Waals surface area contributed by atoms with E-state index in [0.717, 1.165) is 53.0 Å². The molecule has 1 aromatic carbocycles. The van der Waals surface area contributed by atoms with E-state index in [9.17, 15) is 18.4 Å². The Hall–Kier alpha value is -2.32. The van der Waals surface area contributed by atoms with Gasteiger partial charge in [0.25, 0.3) is 5.91 Å². The normalized spacial score (nSPS) is 14.2. The van der Waals surface area contributed by atoms with Crippen LogP contribution in [0.5, 0.6) is 0 Å². The minimum absolute atomic E-state index is 0.0479. The highest BCUT2D eigenvalue weighted by Crippen LogP contribution is 2.38. The fourth-order valence-corrected chi connectivity index (χ4v) is 4.43. The molecule has 0 fully saturated rings. The summed E-state index contributed by atoms with van der Waals surface area (Å²) >= 11 is 1.13. The maximum Gasteiger partial charge on any atom is 0.434 e. The summed E-state index contributed by atoms with van der Waals surface area (Å²) in [5.41, 5.74) is 2.47. The van der Waals surface area contributed by atoms with Crippen molar-refractivity contribution in [1.29, 1.82) is 0 Å². The number of hydrogen-bond acceptors (Lipinski definition) is 4. The third-order valence-electron chi connectivity index (χ3n) is 4.54. The third-order valence-corrected chi connectivity index (χ3v) is 5.75. The molecule has 1 aliphatic carbocycles. The van der Waals surface area contributed by atoms with Crippen LogP contribution in [-0.2, 0) is 17.6 Å². The van der Waals surface area contributed by atoms with Gasteiger partial charge in [-0.25, -0.2) is 0 Å². The molecule has 144 valence electrons. The maximum atomic E-state index is 13.0. The van der Waals surface area contributed by atoms with Crippen molar-refractivity contribution in [2.24, 2.45) is 0 Å². The molecule has 0 bridgehead atoms. The molecule has 1 aromatic heterocycles. The topological polar surface area (TPSA) is 78.4 Å². The summed E-state index contributed by atoms with van der Waals surface area (Å²) in [4.78, 5) is 25.4. The van der Waals surface area contributed by atoms with Crippen LogP contribution in [0, 0.1) is 6.92 Å². The standard InChI is InChI=1S/C19H20F2N2O3S/c1-11-7-5-6-9-13(11)22-16(24)15-12-8-3-2-4-10-14(12)27-17(15)23-18(25)19(20,21)26/h5-7,9,26H,2-4,8,10H2,1H3,(H,22,24)(H,23,25). The van der Waals surface area contributed by atoms with Crippen molar-refractivity contribution in [3.8, 4) is 0 Å². The molecule has 5 nitrogen and oxygen atoms in total. The lowest BCUT2D eigenvalue weighted by Gasteiger charge is -2.13. The number of carbonyl (C=O) groups excluding carboxylic acids is 2.